The Morgan fingerprint density at radius 2 is 1.75 bits per heavy atom. The summed E-state index contributed by atoms with van der Waals surface area (Å²) in [7, 11) is 1.58. The molecule has 0 bridgehead atoms. The summed E-state index contributed by atoms with van der Waals surface area (Å²) >= 11 is 0. The number of fused-ring (bicyclic) bond motifs is 1. The van der Waals surface area contributed by atoms with E-state index in [1.54, 1.807) is 16.7 Å². The van der Waals surface area contributed by atoms with Crippen molar-refractivity contribution in [3.63, 3.8) is 0 Å². The van der Waals surface area contributed by atoms with Crippen molar-refractivity contribution in [2.45, 2.75) is 32.9 Å². The SMILES string of the molecule is CCc1ccc(N(C(=O)Cn2nnc3ccccc32)C(C(=O)NCCOC)c2ccccc2C)cc1. The highest BCUT2D eigenvalue weighted by Gasteiger charge is 2.34. The van der Waals surface area contributed by atoms with Crippen molar-refractivity contribution in [1.29, 1.82) is 0 Å². The van der Waals surface area contributed by atoms with Gasteiger partial charge >= 0.3 is 0 Å². The zero-order chi connectivity index (χ0) is 25.5. The Kier molecular flexibility index (Phi) is 8.07. The van der Waals surface area contributed by atoms with Gasteiger partial charge in [-0.1, -0.05) is 60.7 Å². The number of aryl methyl sites for hydroxylation is 2. The van der Waals surface area contributed by atoms with Gasteiger partial charge in [-0.05, 0) is 54.3 Å². The smallest absolute Gasteiger partial charge is 0.249 e. The highest BCUT2D eigenvalue weighted by molar-refractivity contribution is 6.01. The van der Waals surface area contributed by atoms with Crippen LogP contribution in [-0.4, -0.2) is 47.1 Å². The molecule has 8 heteroatoms. The van der Waals surface area contributed by atoms with Crippen LogP contribution in [-0.2, 0) is 27.3 Å². The lowest BCUT2D eigenvalue weighted by Gasteiger charge is -2.32. The maximum atomic E-state index is 14.0. The Morgan fingerprint density at radius 1 is 1.03 bits per heavy atom. The molecule has 2 amide bonds. The van der Waals surface area contributed by atoms with Crippen LogP contribution in [0.25, 0.3) is 11.0 Å². The van der Waals surface area contributed by atoms with Gasteiger partial charge in [-0.15, -0.1) is 5.10 Å². The highest BCUT2D eigenvalue weighted by atomic mass is 16.5. The number of benzene rings is 3. The average molecular weight is 486 g/mol. The largest absolute Gasteiger partial charge is 0.383 e. The molecule has 3 aromatic carbocycles. The van der Waals surface area contributed by atoms with E-state index in [4.69, 9.17) is 4.74 Å². The molecular formula is C28H31N5O3. The molecule has 1 aromatic heterocycles. The monoisotopic (exact) mass is 485 g/mol. The van der Waals surface area contributed by atoms with Crippen molar-refractivity contribution in [1.82, 2.24) is 20.3 Å². The van der Waals surface area contributed by atoms with Gasteiger partial charge < -0.3 is 10.1 Å². The summed E-state index contributed by atoms with van der Waals surface area (Å²) in [5.74, 6) is -0.553. The number of ether oxygens (including phenoxy) is 1. The molecule has 186 valence electrons. The molecule has 1 atom stereocenters. The molecule has 0 saturated heterocycles. The number of para-hydroxylation sites is 1. The number of carbonyl (C=O) groups is 2. The Labute approximate surface area is 210 Å². The predicted octanol–water partition coefficient (Wildman–Crippen LogP) is 3.84. The minimum atomic E-state index is -0.877. The van der Waals surface area contributed by atoms with Crippen LogP contribution in [0, 0.1) is 6.92 Å². The van der Waals surface area contributed by atoms with Crippen molar-refractivity contribution >= 4 is 28.5 Å². The molecule has 0 aliphatic heterocycles. The number of hydrogen-bond donors (Lipinski definition) is 1. The van der Waals surface area contributed by atoms with Crippen molar-refractivity contribution in [2.75, 3.05) is 25.2 Å². The molecule has 0 aliphatic carbocycles. The maximum Gasteiger partial charge on any atom is 0.249 e. The van der Waals surface area contributed by atoms with Gasteiger partial charge in [-0.3, -0.25) is 14.5 Å². The second-order valence-corrected chi connectivity index (χ2v) is 8.56. The quantitative estimate of drug-likeness (QED) is 0.345. The molecule has 4 rings (SSSR count). The van der Waals surface area contributed by atoms with E-state index in [9.17, 15) is 9.59 Å². The summed E-state index contributed by atoms with van der Waals surface area (Å²) in [6.45, 7) is 4.66. The third-order valence-corrected chi connectivity index (χ3v) is 6.19. The predicted molar refractivity (Wildman–Crippen MR) is 140 cm³/mol. The van der Waals surface area contributed by atoms with E-state index in [0.717, 1.165) is 28.6 Å². The Balaban J connectivity index is 1.79. The molecular weight excluding hydrogens is 454 g/mol. The first-order valence-electron chi connectivity index (χ1n) is 12.0. The van der Waals surface area contributed by atoms with Crippen molar-refractivity contribution in [3.8, 4) is 0 Å². The van der Waals surface area contributed by atoms with Crippen molar-refractivity contribution in [3.05, 3.63) is 89.5 Å². The fourth-order valence-corrected chi connectivity index (χ4v) is 4.23. The number of nitrogens with one attached hydrogen (secondary N) is 1. The molecule has 0 aliphatic rings. The molecule has 36 heavy (non-hydrogen) atoms. The first kappa shape index (κ1) is 25.1. The Hall–Kier alpha value is -4.04. The summed E-state index contributed by atoms with van der Waals surface area (Å²) in [5, 5.41) is 11.3. The summed E-state index contributed by atoms with van der Waals surface area (Å²) < 4.78 is 6.69. The van der Waals surface area contributed by atoms with Crippen molar-refractivity contribution < 1.29 is 14.3 Å². The molecule has 0 fully saturated rings. The van der Waals surface area contributed by atoms with E-state index in [-0.39, 0.29) is 18.4 Å². The van der Waals surface area contributed by atoms with Crippen LogP contribution in [0.2, 0.25) is 0 Å². The second-order valence-electron chi connectivity index (χ2n) is 8.56. The number of amides is 2. The standard InChI is InChI=1S/C28H31N5O3/c1-4-21-13-15-22(16-14-21)33(26(34)19-32-25-12-8-7-11-24(25)30-31-32)27(28(35)29-17-18-36-3)23-10-6-5-9-20(23)2/h5-16,27H,4,17-19H2,1-3H3,(H,29,35). The van der Waals surface area contributed by atoms with Gasteiger partial charge in [0, 0.05) is 19.3 Å². The summed E-state index contributed by atoms with van der Waals surface area (Å²) in [4.78, 5) is 29.2. The van der Waals surface area contributed by atoms with Crippen LogP contribution < -0.4 is 10.2 Å². The lowest BCUT2D eigenvalue weighted by molar-refractivity contribution is -0.127. The average Bonchev–Trinajstić information content (AvgIpc) is 3.30. The Morgan fingerprint density at radius 3 is 2.47 bits per heavy atom. The van der Waals surface area contributed by atoms with E-state index in [1.807, 2.05) is 79.7 Å². The van der Waals surface area contributed by atoms with Crippen molar-refractivity contribution in [2.24, 2.45) is 0 Å². The molecule has 0 radical (unpaired) electrons. The number of anilines is 1. The van der Waals surface area contributed by atoms with Crippen LogP contribution in [0.15, 0.2) is 72.8 Å². The van der Waals surface area contributed by atoms with E-state index in [2.05, 4.69) is 22.6 Å². The zero-order valence-electron chi connectivity index (χ0n) is 20.8. The summed E-state index contributed by atoms with van der Waals surface area (Å²) in [5.41, 5.74) is 4.91. The van der Waals surface area contributed by atoms with Crippen LogP contribution >= 0.6 is 0 Å². The first-order valence-corrected chi connectivity index (χ1v) is 12.0. The second kappa shape index (κ2) is 11.6. The fourth-order valence-electron chi connectivity index (χ4n) is 4.23. The highest BCUT2D eigenvalue weighted by Crippen LogP contribution is 2.31. The molecule has 0 saturated carbocycles. The summed E-state index contributed by atoms with van der Waals surface area (Å²) in [6.07, 6.45) is 0.873. The maximum absolute atomic E-state index is 14.0. The summed E-state index contributed by atoms with van der Waals surface area (Å²) in [6, 6.07) is 22.0. The lowest BCUT2D eigenvalue weighted by atomic mass is 9.98. The molecule has 4 aromatic rings. The molecule has 0 spiro atoms. The van der Waals surface area contributed by atoms with Crippen LogP contribution in [0.5, 0.6) is 0 Å². The minimum absolute atomic E-state index is 0.0657. The molecule has 1 unspecified atom stereocenters. The molecule has 1 N–H and O–H groups in total. The number of methoxy groups -OCH3 is 1. The number of nitrogens with zero attached hydrogens (tertiary/aromatic N) is 4. The van der Waals surface area contributed by atoms with Crippen LogP contribution in [0.1, 0.15) is 29.7 Å². The van der Waals surface area contributed by atoms with Gasteiger partial charge in [0.2, 0.25) is 11.8 Å². The fraction of sp³-hybridized carbons (Fsp3) is 0.286. The van der Waals surface area contributed by atoms with E-state index in [0.29, 0.717) is 24.4 Å². The minimum Gasteiger partial charge on any atom is -0.383 e. The number of hydrogen-bond acceptors (Lipinski definition) is 5. The van der Waals surface area contributed by atoms with E-state index < -0.39 is 6.04 Å². The third-order valence-electron chi connectivity index (χ3n) is 6.19. The third kappa shape index (κ3) is 5.44. The van der Waals surface area contributed by atoms with Gasteiger partial charge in [0.25, 0.3) is 0 Å². The number of aromatic nitrogens is 3. The van der Waals surface area contributed by atoms with Gasteiger partial charge in [-0.2, -0.15) is 0 Å². The van der Waals surface area contributed by atoms with E-state index in [1.165, 1.54) is 0 Å². The molecule has 8 nitrogen and oxygen atoms in total. The van der Waals surface area contributed by atoms with Gasteiger partial charge in [-0.25, -0.2) is 4.68 Å². The van der Waals surface area contributed by atoms with Gasteiger partial charge in [0.1, 0.15) is 18.1 Å². The molecule has 1 heterocycles. The van der Waals surface area contributed by atoms with E-state index >= 15 is 0 Å². The van der Waals surface area contributed by atoms with Crippen LogP contribution in [0.4, 0.5) is 5.69 Å². The van der Waals surface area contributed by atoms with Crippen LogP contribution in [0.3, 0.4) is 0 Å². The lowest BCUT2D eigenvalue weighted by Crippen LogP contribution is -2.46. The Bertz CT molecular complexity index is 1330. The number of carbonyl (C=O) groups excluding carboxylic acids is 2. The zero-order valence-corrected chi connectivity index (χ0v) is 20.8. The van der Waals surface area contributed by atoms with Gasteiger partial charge in [0.15, 0.2) is 0 Å². The normalized spacial score (nSPS) is 11.9. The first-order chi connectivity index (χ1) is 17.5. The number of rotatable bonds is 10. The topological polar surface area (TPSA) is 89.4 Å². The van der Waals surface area contributed by atoms with Gasteiger partial charge in [0.05, 0.1) is 12.1 Å².